The second-order valence-electron chi connectivity index (χ2n) is 5.38. The van der Waals surface area contributed by atoms with Gasteiger partial charge in [-0.1, -0.05) is 6.07 Å². The van der Waals surface area contributed by atoms with E-state index in [4.69, 9.17) is 4.74 Å². The van der Waals surface area contributed by atoms with Gasteiger partial charge in [-0.2, -0.15) is 0 Å². The number of ether oxygens (including phenoxy) is 1. The molecule has 5 heteroatoms. The SMILES string of the molecule is O=C1CC(CO)CN1c1cccc(N2CCOCC2)c1. The first-order valence-electron chi connectivity index (χ1n) is 7.12. The number of hydrogen-bond acceptors (Lipinski definition) is 4. The molecule has 0 spiro atoms. The molecule has 3 rings (SSSR count). The van der Waals surface area contributed by atoms with Crippen LogP contribution in [0.2, 0.25) is 0 Å². The minimum atomic E-state index is 0.0644. The summed E-state index contributed by atoms with van der Waals surface area (Å²) in [5, 5.41) is 9.21. The van der Waals surface area contributed by atoms with Gasteiger partial charge in [0.15, 0.2) is 0 Å². The fourth-order valence-corrected chi connectivity index (χ4v) is 2.83. The van der Waals surface area contributed by atoms with E-state index in [1.54, 1.807) is 4.90 Å². The summed E-state index contributed by atoms with van der Waals surface area (Å²) in [5.74, 6) is 0.165. The third kappa shape index (κ3) is 2.64. The minimum absolute atomic E-state index is 0.0644. The average Bonchev–Trinajstić information content (AvgIpc) is 2.89. The van der Waals surface area contributed by atoms with Gasteiger partial charge in [0.1, 0.15) is 0 Å². The molecule has 2 aliphatic heterocycles. The van der Waals surface area contributed by atoms with Crippen molar-refractivity contribution in [3.63, 3.8) is 0 Å². The van der Waals surface area contributed by atoms with Crippen molar-refractivity contribution >= 4 is 17.3 Å². The van der Waals surface area contributed by atoms with E-state index in [2.05, 4.69) is 17.0 Å². The van der Waals surface area contributed by atoms with Crippen LogP contribution >= 0.6 is 0 Å². The zero-order valence-electron chi connectivity index (χ0n) is 11.5. The summed E-state index contributed by atoms with van der Waals surface area (Å²) < 4.78 is 5.36. The molecule has 5 nitrogen and oxygen atoms in total. The van der Waals surface area contributed by atoms with Crippen LogP contribution in [0.1, 0.15) is 6.42 Å². The highest BCUT2D eigenvalue weighted by Crippen LogP contribution is 2.28. The van der Waals surface area contributed by atoms with Crippen LogP contribution in [-0.2, 0) is 9.53 Å². The van der Waals surface area contributed by atoms with Crippen LogP contribution in [0.5, 0.6) is 0 Å². The van der Waals surface area contributed by atoms with Crippen molar-refractivity contribution in [2.24, 2.45) is 5.92 Å². The molecule has 1 unspecified atom stereocenters. The molecule has 2 saturated heterocycles. The molecule has 108 valence electrons. The molecule has 1 aromatic rings. The van der Waals surface area contributed by atoms with E-state index in [0.29, 0.717) is 13.0 Å². The molecule has 20 heavy (non-hydrogen) atoms. The molecule has 0 saturated carbocycles. The second kappa shape index (κ2) is 5.81. The first-order chi connectivity index (χ1) is 9.78. The molecular formula is C15H20N2O3. The molecule has 1 amide bonds. The van der Waals surface area contributed by atoms with Crippen molar-refractivity contribution in [2.45, 2.75) is 6.42 Å². The Morgan fingerprint density at radius 1 is 1.25 bits per heavy atom. The highest BCUT2D eigenvalue weighted by molar-refractivity contribution is 5.96. The van der Waals surface area contributed by atoms with E-state index >= 15 is 0 Å². The van der Waals surface area contributed by atoms with E-state index < -0.39 is 0 Å². The predicted octanol–water partition coefficient (Wildman–Crippen LogP) is 0.868. The fraction of sp³-hybridized carbons (Fsp3) is 0.533. The molecular weight excluding hydrogens is 256 g/mol. The first kappa shape index (κ1) is 13.4. The molecule has 1 atom stereocenters. The highest BCUT2D eigenvalue weighted by atomic mass is 16.5. The fourth-order valence-electron chi connectivity index (χ4n) is 2.83. The van der Waals surface area contributed by atoms with Crippen LogP contribution in [0.25, 0.3) is 0 Å². The topological polar surface area (TPSA) is 53.0 Å². The second-order valence-corrected chi connectivity index (χ2v) is 5.38. The van der Waals surface area contributed by atoms with Gasteiger partial charge < -0.3 is 19.6 Å². The summed E-state index contributed by atoms with van der Waals surface area (Å²) in [7, 11) is 0. The third-order valence-electron chi connectivity index (χ3n) is 3.98. The van der Waals surface area contributed by atoms with Gasteiger partial charge >= 0.3 is 0 Å². The molecule has 2 fully saturated rings. The summed E-state index contributed by atoms with van der Waals surface area (Å²) in [5.41, 5.74) is 2.06. The Morgan fingerprint density at radius 3 is 2.70 bits per heavy atom. The molecule has 1 aromatic carbocycles. The largest absolute Gasteiger partial charge is 0.396 e. The van der Waals surface area contributed by atoms with Crippen LogP contribution in [0, 0.1) is 5.92 Å². The summed E-state index contributed by atoms with van der Waals surface area (Å²) in [4.78, 5) is 16.1. The van der Waals surface area contributed by atoms with E-state index in [-0.39, 0.29) is 18.4 Å². The zero-order chi connectivity index (χ0) is 13.9. The van der Waals surface area contributed by atoms with Crippen molar-refractivity contribution in [2.75, 3.05) is 49.3 Å². The number of carbonyl (C=O) groups excluding carboxylic acids is 1. The quantitative estimate of drug-likeness (QED) is 0.890. The Bertz CT molecular complexity index is 486. The van der Waals surface area contributed by atoms with Crippen molar-refractivity contribution in [1.29, 1.82) is 0 Å². The lowest BCUT2D eigenvalue weighted by atomic mass is 10.1. The van der Waals surface area contributed by atoms with Gasteiger partial charge in [-0.3, -0.25) is 4.79 Å². The molecule has 0 aromatic heterocycles. The van der Waals surface area contributed by atoms with Crippen molar-refractivity contribution in [3.8, 4) is 0 Å². The number of anilines is 2. The minimum Gasteiger partial charge on any atom is -0.396 e. The lowest BCUT2D eigenvalue weighted by Crippen LogP contribution is -2.36. The smallest absolute Gasteiger partial charge is 0.227 e. The Hall–Kier alpha value is -1.59. The number of rotatable bonds is 3. The summed E-state index contributed by atoms with van der Waals surface area (Å²) in [6.07, 6.45) is 0.443. The number of amides is 1. The highest BCUT2D eigenvalue weighted by Gasteiger charge is 2.30. The van der Waals surface area contributed by atoms with Gasteiger partial charge in [-0.15, -0.1) is 0 Å². The molecule has 2 heterocycles. The Balaban J connectivity index is 1.78. The average molecular weight is 276 g/mol. The number of nitrogens with zero attached hydrogens (tertiary/aromatic N) is 2. The lowest BCUT2D eigenvalue weighted by molar-refractivity contribution is -0.117. The third-order valence-corrected chi connectivity index (χ3v) is 3.98. The Kier molecular flexibility index (Phi) is 3.89. The number of benzene rings is 1. The van der Waals surface area contributed by atoms with Gasteiger partial charge in [-0.05, 0) is 18.2 Å². The van der Waals surface area contributed by atoms with Gasteiger partial charge in [0.2, 0.25) is 5.91 Å². The van der Waals surface area contributed by atoms with Crippen LogP contribution in [0.4, 0.5) is 11.4 Å². The first-order valence-corrected chi connectivity index (χ1v) is 7.12. The van der Waals surface area contributed by atoms with Gasteiger partial charge in [-0.25, -0.2) is 0 Å². The molecule has 0 radical (unpaired) electrons. The normalized spacial score (nSPS) is 23.4. The van der Waals surface area contributed by atoms with Gasteiger partial charge in [0.05, 0.1) is 13.2 Å². The lowest BCUT2D eigenvalue weighted by Gasteiger charge is -2.29. The van der Waals surface area contributed by atoms with E-state index in [0.717, 1.165) is 37.7 Å². The number of morpholine rings is 1. The summed E-state index contributed by atoms with van der Waals surface area (Å²) in [6, 6.07) is 8.07. The van der Waals surface area contributed by atoms with Crippen LogP contribution in [-0.4, -0.2) is 50.5 Å². The number of aliphatic hydroxyl groups excluding tert-OH is 1. The van der Waals surface area contributed by atoms with Crippen molar-refractivity contribution in [1.82, 2.24) is 0 Å². The standard InChI is InChI=1S/C15H20N2O3/c18-11-12-8-15(19)17(10-12)14-3-1-2-13(9-14)16-4-6-20-7-5-16/h1-3,9,12,18H,4-8,10-11H2. The van der Waals surface area contributed by atoms with Crippen LogP contribution in [0.15, 0.2) is 24.3 Å². The van der Waals surface area contributed by atoms with Crippen LogP contribution in [0.3, 0.4) is 0 Å². The van der Waals surface area contributed by atoms with Crippen molar-refractivity contribution in [3.05, 3.63) is 24.3 Å². The van der Waals surface area contributed by atoms with E-state index in [1.807, 2.05) is 12.1 Å². The molecule has 0 bridgehead atoms. The van der Waals surface area contributed by atoms with Crippen LogP contribution < -0.4 is 9.80 Å². The maximum atomic E-state index is 12.0. The zero-order valence-corrected chi connectivity index (χ0v) is 11.5. The summed E-state index contributed by atoms with van der Waals surface area (Å²) >= 11 is 0. The van der Waals surface area contributed by atoms with Gasteiger partial charge in [0, 0.05) is 50.0 Å². The maximum Gasteiger partial charge on any atom is 0.227 e. The molecule has 0 aliphatic carbocycles. The Morgan fingerprint density at radius 2 is 2.00 bits per heavy atom. The van der Waals surface area contributed by atoms with Crippen molar-refractivity contribution < 1.29 is 14.6 Å². The van der Waals surface area contributed by atoms with E-state index in [1.165, 1.54) is 0 Å². The monoisotopic (exact) mass is 276 g/mol. The maximum absolute atomic E-state index is 12.0. The van der Waals surface area contributed by atoms with Gasteiger partial charge in [0.25, 0.3) is 0 Å². The predicted molar refractivity (Wildman–Crippen MR) is 77.0 cm³/mol. The summed E-state index contributed by atoms with van der Waals surface area (Å²) in [6.45, 7) is 3.96. The number of carbonyl (C=O) groups is 1. The molecule has 1 N–H and O–H groups in total. The number of aliphatic hydroxyl groups is 1. The molecule has 2 aliphatic rings. The number of hydrogen-bond donors (Lipinski definition) is 1. The Labute approximate surface area is 118 Å². The van der Waals surface area contributed by atoms with E-state index in [9.17, 15) is 9.90 Å².